The third-order valence-corrected chi connectivity index (χ3v) is 8.51. The van der Waals surface area contributed by atoms with Crippen LogP contribution in [0.1, 0.15) is 37.4 Å². The van der Waals surface area contributed by atoms with Crippen molar-refractivity contribution in [2.24, 2.45) is 5.41 Å². The number of carboxylic acid groups (broad SMARTS) is 1. The third-order valence-electron chi connectivity index (χ3n) is 7.14. The summed E-state index contributed by atoms with van der Waals surface area (Å²) in [4.78, 5) is 18.3. The molecule has 0 aliphatic carbocycles. The van der Waals surface area contributed by atoms with E-state index < -0.39 is 35.0 Å². The summed E-state index contributed by atoms with van der Waals surface area (Å²) in [6.07, 6.45) is 0.635. The van der Waals surface area contributed by atoms with Crippen LogP contribution in [0.5, 0.6) is 5.75 Å². The largest absolute Gasteiger partial charge is 0.497 e. The highest BCUT2D eigenvalue weighted by Crippen LogP contribution is 2.42. The van der Waals surface area contributed by atoms with Gasteiger partial charge in [0.05, 0.1) is 28.0 Å². The van der Waals surface area contributed by atoms with E-state index in [4.69, 9.17) is 16.3 Å². The molecule has 1 atom stereocenters. The van der Waals surface area contributed by atoms with Gasteiger partial charge in [-0.05, 0) is 57.0 Å². The lowest BCUT2D eigenvalue weighted by molar-refractivity contribution is -0.153. The minimum atomic E-state index is -1.49. The summed E-state index contributed by atoms with van der Waals surface area (Å²) in [5.74, 6) is -2.95. The lowest BCUT2D eigenvalue weighted by atomic mass is 9.74. The van der Waals surface area contributed by atoms with Gasteiger partial charge < -0.3 is 14.7 Å². The molecule has 0 unspecified atom stereocenters. The predicted molar refractivity (Wildman–Crippen MR) is 139 cm³/mol. The Labute approximate surface area is 227 Å². The first kappa shape index (κ1) is 28.4. The number of methoxy groups -OCH3 is 1. The van der Waals surface area contributed by atoms with Crippen LogP contribution in [0.25, 0.3) is 10.9 Å². The molecule has 1 aliphatic rings. The minimum absolute atomic E-state index is 0.0265. The zero-order valence-electron chi connectivity index (χ0n) is 20.7. The van der Waals surface area contributed by atoms with E-state index in [0.29, 0.717) is 67.0 Å². The molecule has 0 amide bonds. The van der Waals surface area contributed by atoms with Crippen LogP contribution in [0.3, 0.4) is 0 Å². The van der Waals surface area contributed by atoms with Crippen molar-refractivity contribution in [1.82, 2.24) is 9.88 Å². The number of halogens is 5. The molecule has 38 heavy (non-hydrogen) atoms. The summed E-state index contributed by atoms with van der Waals surface area (Å²) in [5, 5.41) is 10.7. The summed E-state index contributed by atoms with van der Waals surface area (Å²) < 4.78 is 61.7. The predicted octanol–water partition coefficient (Wildman–Crippen LogP) is 7.06. The number of nitrogens with zero attached hydrogens (tertiary/aromatic N) is 2. The van der Waals surface area contributed by atoms with Crippen molar-refractivity contribution in [3.05, 3.63) is 64.6 Å². The minimum Gasteiger partial charge on any atom is -0.497 e. The zero-order chi connectivity index (χ0) is 27.4. The maximum Gasteiger partial charge on any atom is 0.309 e. The molecular weight excluding hydrogens is 544 g/mol. The second-order valence-corrected chi connectivity index (χ2v) is 10.9. The normalized spacial score (nSPS) is 16.5. The fraction of sp³-hybridized carbons (Fsp3) is 0.407. The van der Waals surface area contributed by atoms with Gasteiger partial charge in [0.1, 0.15) is 29.4 Å². The first-order chi connectivity index (χ1) is 18.1. The van der Waals surface area contributed by atoms with Crippen molar-refractivity contribution in [1.29, 1.82) is 0 Å². The first-order valence-electron chi connectivity index (χ1n) is 12.1. The summed E-state index contributed by atoms with van der Waals surface area (Å²) in [6.45, 7) is 1.38. The van der Waals surface area contributed by atoms with Crippen molar-refractivity contribution in [2.45, 2.75) is 36.8 Å². The van der Waals surface area contributed by atoms with E-state index in [2.05, 4.69) is 4.98 Å². The highest BCUT2D eigenvalue weighted by atomic mass is 35.5. The van der Waals surface area contributed by atoms with E-state index in [1.54, 1.807) is 18.2 Å². The maximum atomic E-state index is 15.6. The Morgan fingerprint density at radius 3 is 2.53 bits per heavy atom. The average Bonchev–Trinajstić information content (AvgIpc) is 2.89. The molecule has 0 spiro atoms. The lowest BCUT2D eigenvalue weighted by Crippen LogP contribution is -2.45. The van der Waals surface area contributed by atoms with Crippen LogP contribution in [0.4, 0.5) is 17.6 Å². The number of fused-ring (bicyclic) bond motifs is 1. The van der Waals surface area contributed by atoms with E-state index in [-0.39, 0.29) is 28.3 Å². The third kappa shape index (κ3) is 6.18. The van der Waals surface area contributed by atoms with Gasteiger partial charge >= 0.3 is 5.97 Å². The number of likely N-dealkylation sites (tertiary alicyclic amines) is 1. The number of aliphatic carboxylic acids is 1. The molecule has 1 aromatic heterocycles. The standard InChI is InChI=1S/C27H27ClF4N2O3S/c1-37-17-2-3-23-18(14-17)24(19(28)15-33-23)20(30)4-5-27(26(35)36)6-8-34(9-7-27)10-11-38-25-21(31)12-16(29)13-22(25)32/h2-3,12-15,20H,4-11H2,1H3,(H,35,36)/t20-/m0/s1. The molecule has 5 nitrogen and oxygen atoms in total. The number of piperidine rings is 1. The summed E-state index contributed by atoms with van der Waals surface area (Å²) in [5.41, 5.74) is -0.255. The highest BCUT2D eigenvalue weighted by molar-refractivity contribution is 7.99. The number of rotatable bonds is 10. The Kier molecular flexibility index (Phi) is 9.05. The molecule has 2 aromatic carbocycles. The first-order valence-corrected chi connectivity index (χ1v) is 13.5. The van der Waals surface area contributed by atoms with Gasteiger partial charge in [0.15, 0.2) is 0 Å². The van der Waals surface area contributed by atoms with Crippen LogP contribution in [0.15, 0.2) is 41.4 Å². The van der Waals surface area contributed by atoms with Crippen LogP contribution in [-0.2, 0) is 4.79 Å². The maximum absolute atomic E-state index is 15.6. The molecule has 0 radical (unpaired) electrons. The Bertz CT molecular complexity index is 1300. The van der Waals surface area contributed by atoms with Gasteiger partial charge in [-0.3, -0.25) is 9.78 Å². The lowest BCUT2D eigenvalue weighted by Gasteiger charge is -2.39. The van der Waals surface area contributed by atoms with Crippen LogP contribution >= 0.6 is 23.4 Å². The van der Waals surface area contributed by atoms with Crippen LogP contribution in [-0.4, -0.2) is 53.5 Å². The van der Waals surface area contributed by atoms with Gasteiger partial charge in [-0.1, -0.05) is 11.6 Å². The SMILES string of the molecule is COc1ccc2ncc(Cl)c([C@@H](F)CCC3(C(=O)O)CCN(CCSc4c(F)cc(F)cc4F)CC3)c2c1. The van der Waals surface area contributed by atoms with Gasteiger partial charge in [-0.15, -0.1) is 11.8 Å². The molecule has 1 aliphatic heterocycles. The molecule has 1 N–H and O–H groups in total. The smallest absolute Gasteiger partial charge is 0.309 e. The van der Waals surface area contributed by atoms with Crippen LogP contribution < -0.4 is 4.74 Å². The molecule has 1 fully saturated rings. The Balaban J connectivity index is 1.37. The molecule has 4 rings (SSSR count). The number of carbonyl (C=O) groups is 1. The van der Waals surface area contributed by atoms with Crippen molar-refractivity contribution in [2.75, 3.05) is 32.5 Å². The second-order valence-electron chi connectivity index (χ2n) is 9.38. The number of thioether (sulfide) groups is 1. The molecule has 1 saturated heterocycles. The number of alkyl halides is 1. The second kappa shape index (κ2) is 12.1. The van der Waals surface area contributed by atoms with Gasteiger partial charge in [0.2, 0.25) is 0 Å². The van der Waals surface area contributed by atoms with Gasteiger partial charge in [0.25, 0.3) is 0 Å². The topological polar surface area (TPSA) is 62.7 Å². The molecule has 3 aromatic rings. The Morgan fingerprint density at radius 2 is 1.89 bits per heavy atom. The zero-order valence-corrected chi connectivity index (χ0v) is 22.2. The van der Waals surface area contributed by atoms with Crippen molar-refractivity contribution in [3.8, 4) is 5.75 Å². The Hall–Kier alpha value is -2.56. The van der Waals surface area contributed by atoms with Crippen LogP contribution in [0, 0.1) is 22.9 Å². The number of carboxylic acids is 1. The number of ether oxygens (including phenoxy) is 1. The van der Waals surface area contributed by atoms with E-state index >= 15 is 4.39 Å². The molecule has 11 heteroatoms. The fourth-order valence-corrected chi connectivity index (χ4v) is 6.10. The molecule has 204 valence electrons. The summed E-state index contributed by atoms with van der Waals surface area (Å²) in [6, 6.07) is 6.39. The number of pyridine rings is 1. The van der Waals surface area contributed by atoms with Gasteiger partial charge in [-0.25, -0.2) is 17.6 Å². The van der Waals surface area contributed by atoms with Gasteiger partial charge in [0, 0.05) is 41.6 Å². The highest BCUT2D eigenvalue weighted by Gasteiger charge is 2.41. The fourth-order valence-electron chi connectivity index (χ4n) is 4.88. The molecule has 0 saturated carbocycles. The monoisotopic (exact) mass is 570 g/mol. The molecular formula is C27H27ClF4N2O3S. The van der Waals surface area contributed by atoms with E-state index in [9.17, 15) is 23.1 Å². The van der Waals surface area contributed by atoms with E-state index in [1.165, 1.54) is 13.3 Å². The number of benzene rings is 2. The van der Waals surface area contributed by atoms with Crippen molar-refractivity contribution >= 4 is 40.2 Å². The quantitative estimate of drug-likeness (QED) is 0.208. The molecule has 0 bridgehead atoms. The summed E-state index contributed by atoms with van der Waals surface area (Å²) >= 11 is 7.27. The van der Waals surface area contributed by atoms with Gasteiger partial charge in [-0.2, -0.15) is 0 Å². The molecule has 2 heterocycles. The van der Waals surface area contributed by atoms with Crippen molar-refractivity contribution in [3.63, 3.8) is 0 Å². The summed E-state index contributed by atoms with van der Waals surface area (Å²) in [7, 11) is 1.51. The number of hydrogen-bond acceptors (Lipinski definition) is 5. The number of hydrogen-bond donors (Lipinski definition) is 1. The van der Waals surface area contributed by atoms with Crippen molar-refractivity contribution < 1.29 is 32.2 Å². The van der Waals surface area contributed by atoms with E-state index in [1.807, 2.05) is 4.90 Å². The van der Waals surface area contributed by atoms with E-state index in [0.717, 1.165) is 11.8 Å². The van der Waals surface area contributed by atoms with Crippen LogP contribution in [0.2, 0.25) is 5.02 Å². The number of aromatic nitrogens is 1. The Morgan fingerprint density at radius 1 is 1.21 bits per heavy atom. The average molecular weight is 571 g/mol.